The highest BCUT2D eigenvalue weighted by molar-refractivity contribution is 6.02. The summed E-state index contributed by atoms with van der Waals surface area (Å²) in [5.41, 5.74) is 1.55. The number of aromatic amines is 1. The van der Waals surface area contributed by atoms with Crippen LogP contribution in [0, 0.1) is 0 Å². The molecule has 0 saturated heterocycles. The van der Waals surface area contributed by atoms with Gasteiger partial charge in [0.15, 0.2) is 0 Å². The van der Waals surface area contributed by atoms with Crippen LogP contribution in [-0.2, 0) is 0 Å². The Morgan fingerprint density at radius 2 is 1.75 bits per heavy atom. The third-order valence-electron chi connectivity index (χ3n) is 2.47. The van der Waals surface area contributed by atoms with Gasteiger partial charge in [-0.05, 0) is 12.1 Å². The fourth-order valence-electron chi connectivity index (χ4n) is 1.76. The Bertz CT molecular complexity index is 706. The monoisotopic (exact) mass is 232 g/mol. The lowest BCUT2D eigenvalue weighted by Gasteiger charge is -2.01. The van der Waals surface area contributed by atoms with Gasteiger partial charge in [-0.3, -0.25) is 9.78 Å². The van der Waals surface area contributed by atoms with Gasteiger partial charge in [0.25, 0.3) is 0 Å². The molecule has 3 nitrogen and oxygen atoms in total. The van der Waals surface area contributed by atoms with Crippen molar-refractivity contribution < 1.29 is 0 Å². The Morgan fingerprint density at radius 3 is 2.62 bits per heavy atom. The van der Waals surface area contributed by atoms with Crippen molar-refractivity contribution in [3.63, 3.8) is 0 Å². The van der Waals surface area contributed by atoms with Crippen molar-refractivity contribution >= 4 is 34.2 Å². The summed E-state index contributed by atoms with van der Waals surface area (Å²) in [6.07, 6.45) is 1.73. The molecule has 0 bridgehead atoms. The first-order valence-electron chi connectivity index (χ1n) is 4.71. The van der Waals surface area contributed by atoms with E-state index in [9.17, 15) is 4.79 Å². The third kappa shape index (κ3) is 1.55. The second-order valence-corrected chi connectivity index (χ2v) is 3.43. The van der Waals surface area contributed by atoms with Gasteiger partial charge in [0, 0.05) is 23.0 Å². The molecule has 0 spiro atoms. The van der Waals surface area contributed by atoms with Gasteiger partial charge in [-0.1, -0.05) is 18.2 Å². The van der Waals surface area contributed by atoms with E-state index in [-0.39, 0.29) is 18.0 Å². The van der Waals surface area contributed by atoms with Crippen LogP contribution in [0.1, 0.15) is 0 Å². The minimum Gasteiger partial charge on any atom is -0.320 e. The molecule has 0 aliphatic carbocycles. The predicted octanol–water partition coefficient (Wildman–Crippen LogP) is 2.50. The van der Waals surface area contributed by atoms with E-state index < -0.39 is 0 Å². The van der Waals surface area contributed by atoms with Crippen molar-refractivity contribution in [3.05, 3.63) is 52.9 Å². The first-order valence-corrected chi connectivity index (χ1v) is 4.71. The maximum Gasteiger partial charge on any atom is 0.248 e. The van der Waals surface area contributed by atoms with Gasteiger partial charge in [0.2, 0.25) is 5.56 Å². The van der Waals surface area contributed by atoms with E-state index in [1.165, 1.54) is 6.07 Å². The average Bonchev–Trinajstić information content (AvgIpc) is 2.29. The minimum atomic E-state index is -0.0966. The molecule has 0 saturated carbocycles. The topological polar surface area (TPSA) is 45.8 Å². The number of halogens is 1. The van der Waals surface area contributed by atoms with Crippen LogP contribution in [0.2, 0.25) is 0 Å². The molecule has 2 aromatic heterocycles. The van der Waals surface area contributed by atoms with E-state index in [1.807, 2.05) is 30.3 Å². The van der Waals surface area contributed by atoms with Crippen LogP contribution in [0.3, 0.4) is 0 Å². The molecule has 2 heterocycles. The Kier molecular flexibility index (Phi) is 2.62. The molecule has 0 radical (unpaired) electrons. The van der Waals surface area contributed by atoms with E-state index in [4.69, 9.17) is 0 Å². The highest BCUT2D eigenvalue weighted by Gasteiger charge is 2.00. The lowest BCUT2D eigenvalue weighted by atomic mass is 10.1. The number of aromatic nitrogens is 2. The number of fused-ring (bicyclic) bond motifs is 3. The van der Waals surface area contributed by atoms with E-state index in [2.05, 4.69) is 9.97 Å². The van der Waals surface area contributed by atoms with Crippen molar-refractivity contribution in [2.24, 2.45) is 0 Å². The molecule has 1 aromatic carbocycles. The molecule has 3 aromatic rings. The Hall–Kier alpha value is -1.87. The van der Waals surface area contributed by atoms with Crippen molar-refractivity contribution in [1.29, 1.82) is 0 Å². The van der Waals surface area contributed by atoms with E-state index in [0.29, 0.717) is 0 Å². The summed E-state index contributed by atoms with van der Waals surface area (Å²) in [5, 5.41) is 2.03. The highest BCUT2D eigenvalue weighted by Crippen LogP contribution is 2.19. The molecule has 16 heavy (non-hydrogen) atoms. The number of hydrogen-bond donors (Lipinski definition) is 1. The second-order valence-electron chi connectivity index (χ2n) is 3.43. The van der Waals surface area contributed by atoms with Crippen LogP contribution in [0.15, 0.2) is 47.4 Å². The SMILES string of the molecule is Cl.O=c1ccc2ccc3cccnc3c2[nH]1. The van der Waals surface area contributed by atoms with Crippen LogP contribution >= 0.6 is 12.4 Å². The lowest BCUT2D eigenvalue weighted by Crippen LogP contribution is -2.02. The second kappa shape index (κ2) is 3.94. The van der Waals surface area contributed by atoms with Crippen LogP contribution in [0.5, 0.6) is 0 Å². The Balaban J connectivity index is 0.000000963. The first kappa shape index (κ1) is 10.6. The van der Waals surface area contributed by atoms with Gasteiger partial charge in [0.1, 0.15) is 0 Å². The smallest absolute Gasteiger partial charge is 0.248 e. The lowest BCUT2D eigenvalue weighted by molar-refractivity contribution is 1.30. The number of rotatable bonds is 0. The average molecular weight is 233 g/mol. The number of nitrogens with zero attached hydrogens (tertiary/aromatic N) is 1. The van der Waals surface area contributed by atoms with Crippen molar-refractivity contribution in [1.82, 2.24) is 9.97 Å². The van der Waals surface area contributed by atoms with Crippen LogP contribution in [-0.4, -0.2) is 9.97 Å². The van der Waals surface area contributed by atoms with Crippen molar-refractivity contribution in [2.45, 2.75) is 0 Å². The number of benzene rings is 1. The van der Waals surface area contributed by atoms with Gasteiger partial charge >= 0.3 is 0 Å². The number of pyridine rings is 2. The van der Waals surface area contributed by atoms with Crippen LogP contribution in [0.25, 0.3) is 21.8 Å². The molecule has 1 N–H and O–H groups in total. The fourth-order valence-corrected chi connectivity index (χ4v) is 1.76. The maximum atomic E-state index is 11.2. The summed E-state index contributed by atoms with van der Waals surface area (Å²) in [5.74, 6) is 0. The Morgan fingerprint density at radius 1 is 1.00 bits per heavy atom. The minimum absolute atomic E-state index is 0. The molecule has 4 heteroatoms. The standard InChI is InChI=1S/C12H8N2O.ClH/c15-10-6-5-9-4-3-8-2-1-7-13-11(8)12(9)14-10;/h1-7H,(H,14,15);1H. The third-order valence-corrected chi connectivity index (χ3v) is 2.47. The molecular formula is C12H9ClN2O. The zero-order chi connectivity index (χ0) is 10.3. The van der Waals surface area contributed by atoms with Gasteiger partial charge in [-0.15, -0.1) is 12.4 Å². The summed E-state index contributed by atoms with van der Waals surface area (Å²) in [7, 11) is 0. The summed E-state index contributed by atoms with van der Waals surface area (Å²) in [4.78, 5) is 18.3. The fraction of sp³-hybridized carbons (Fsp3) is 0. The summed E-state index contributed by atoms with van der Waals surface area (Å²) >= 11 is 0. The molecule has 0 unspecified atom stereocenters. The maximum absolute atomic E-state index is 11.2. The zero-order valence-corrected chi connectivity index (χ0v) is 9.12. The molecule has 0 aliphatic rings. The molecular weight excluding hydrogens is 224 g/mol. The van der Waals surface area contributed by atoms with Crippen molar-refractivity contribution in [3.8, 4) is 0 Å². The molecule has 0 fully saturated rings. The van der Waals surface area contributed by atoms with Gasteiger partial charge in [-0.25, -0.2) is 0 Å². The molecule has 3 rings (SSSR count). The molecule has 0 aliphatic heterocycles. The van der Waals surface area contributed by atoms with Crippen molar-refractivity contribution in [2.75, 3.05) is 0 Å². The van der Waals surface area contributed by atoms with E-state index in [0.717, 1.165) is 21.8 Å². The summed E-state index contributed by atoms with van der Waals surface area (Å²) in [6.45, 7) is 0. The van der Waals surface area contributed by atoms with Gasteiger partial charge in [0.05, 0.1) is 11.0 Å². The summed E-state index contributed by atoms with van der Waals surface area (Å²) < 4.78 is 0. The molecule has 0 amide bonds. The quantitative estimate of drug-likeness (QED) is 0.606. The van der Waals surface area contributed by atoms with Gasteiger partial charge in [-0.2, -0.15) is 0 Å². The predicted molar refractivity (Wildman–Crippen MR) is 67.1 cm³/mol. The highest BCUT2D eigenvalue weighted by atomic mass is 35.5. The molecule has 80 valence electrons. The largest absolute Gasteiger partial charge is 0.320 e. The van der Waals surface area contributed by atoms with Crippen LogP contribution in [0.4, 0.5) is 0 Å². The van der Waals surface area contributed by atoms with Crippen LogP contribution < -0.4 is 5.56 Å². The zero-order valence-electron chi connectivity index (χ0n) is 8.31. The molecule has 0 atom stereocenters. The summed E-state index contributed by atoms with van der Waals surface area (Å²) in [6, 6.07) is 11.2. The Labute approximate surface area is 97.5 Å². The van der Waals surface area contributed by atoms with E-state index >= 15 is 0 Å². The first-order chi connectivity index (χ1) is 7.34. The van der Waals surface area contributed by atoms with E-state index in [1.54, 1.807) is 6.20 Å². The van der Waals surface area contributed by atoms with Gasteiger partial charge < -0.3 is 4.98 Å². The normalized spacial score (nSPS) is 10.2. The number of hydrogen-bond acceptors (Lipinski definition) is 2. The number of nitrogens with one attached hydrogen (secondary N) is 1. The number of H-pyrrole nitrogens is 1.